The summed E-state index contributed by atoms with van der Waals surface area (Å²) in [5.41, 5.74) is 1.04. The molecule has 0 aromatic heterocycles. The smallest absolute Gasteiger partial charge is 0.306 e. The molecule has 0 spiro atoms. The molecule has 0 aliphatic heterocycles. The Balaban J connectivity index is 2.19. The van der Waals surface area contributed by atoms with Crippen LogP contribution in [0.3, 0.4) is 0 Å². The van der Waals surface area contributed by atoms with E-state index >= 15 is 0 Å². The lowest BCUT2D eigenvalue weighted by Gasteiger charge is -2.07. The standard InChI is InChI=1S/C11H14O3/c12-8-4-7-11(13)14-9-10-5-2-1-3-6-10/h2,5-6,8H,1,3-4,7,9H2. The number of allylic oxidation sites excluding steroid dienone is 2. The van der Waals surface area contributed by atoms with Gasteiger partial charge in [0.2, 0.25) is 0 Å². The van der Waals surface area contributed by atoms with Crippen molar-refractivity contribution < 1.29 is 14.3 Å². The van der Waals surface area contributed by atoms with Crippen molar-refractivity contribution in [2.24, 2.45) is 0 Å². The van der Waals surface area contributed by atoms with Crippen molar-refractivity contribution in [3.8, 4) is 0 Å². The molecule has 0 saturated heterocycles. The first-order valence-corrected chi connectivity index (χ1v) is 4.78. The van der Waals surface area contributed by atoms with E-state index in [4.69, 9.17) is 4.74 Å². The maximum atomic E-state index is 11.0. The summed E-state index contributed by atoms with van der Waals surface area (Å²) < 4.78 is 4.97. The minimum Gasteiger partial charge on any atom is -0.461 e. The second-order valence-corrected chi connectivity index (χ2v) is 3.12. The second-order valence-electron chi connectivity index (χ2n) is 3.12. The molecule has 14 heavy (non-hydrogen) atoms. The maximum absolute atomic E-state index is 11.0. The highest BCUT2D eigenvalue weighted by Crippen LogP contribution is 2.09. The molecule has 0 N–H and O–H groups in total. The molecule has 76 valence electrons. The highest BCUT2D eigenvalue weighted by molar-refractivity contribution is 5.72. The van der Waals surface area contributed by atoms with Crippen LogP contribution >= 0.6 is 0 Å². The molecule has 3 nitrogen and oxygen atoms in total. The zero-order valence-corrected chi connectivity index (χ0v) is 8.07. The summed E-state index contributed by atoms with van der Waals surface area (Å²) in [6.45, 7) is 0.328. The van der Waals surface area contributed by atoms with Crippen LogP contribution in [-0.2, 0) is 14.3 Å². The summed E-state index contributed by atoms with van der Waals surface area (Å²) in [5.74, 6) is -0.308. The zero-order valence-electron chi connectivity index (χ0n) is 8.07. The predicted molar refractivity (Wildman–Crippen MR) is 52.7 cm³/mol. The molecule has 3 heteroatoms. The number of carbonyl (C=O) groups excluding carboxylic acids is 2. The van der Waals surface area contributed by atoms with Crippen molar-refractivity contribution in [1.29, 1.82) is 0 Å². The highest BCUT2D eigenvalue weighted by atomic mass is 16.5. The first-order chi connectivity index (χ1) is 6.83. The summed E-state index contributed by atoms with van der Waals surface area (Å²) in [6.07, 6.45) is 9.31. The number of rotatable bonds is 5. The Kier molecular flexibility index (Phi) is 4.69. The van der Waals surface area contributed by atoms with Crippen LogP contribution in [0.15, 0.2) is 23.8 Å². The number of hydrogen-bond donors (Lipinski definition) is 0. The zero-order chi connectivity index (χ0) is 10.2. The Bertz CT molecular complexity index is 264. The van der Waals surface area contributed by atoms with E-state index in [1.54, 1.807) is 0 Å². The Hall–Kier alpha value is -1.38. The van der Waals surface area contributed by atoms with Crippen LogP contribution in [0.25, 0.3) is 0 Å². The van der Waals surface area contributed by atoms with Crippen LogP contribution in [0.1, 0.15) is 25.7 Å². The SMILES string of the molecule is O=CCCC(=O)OCC1=CCCC=C1. The van der Waals surface area contributed by atoms with E-state index in [9.17, 15) is 9.59 Å². The summed E-state index contributed by atoms with van der Waals surface area (Å²) in [4.78, 5) is 21.0. The van der Waals surface area contributed by atoms with Crippen LogP contribution in [0, 0.1) is 0 Å². The van der Waals surface area contributed by atoms with Crippen molar-refractivity contribution in [2.75, 3.05) is 6.61 Å². The van der Waals surface area contributed by atoms with Crippen molar-refractivity contribution in [1.82, 2.24) is 0 Å². The highest BCUT2D eigenvalue weighted by Gasteiger charge is 2.03. The maximum Gasteiger partial charge on any atom is 0.306 e. The average Bonchev–Trinajstić information content (AvgIpc) is 2.25. The van der Waals surface area contributed by atoms with Gasteiger partial charge in [-0.3, -0.25) is 4.79 Å². The fourth-order valence-corrected chi connectivity index (χ4v) is 1.19. The van der Waals surface area contributed by atoms with Gasteiger partial charge in [0.25, 0.3) is 0 Å². The average molecular weight is 194 g/mol. The van der Waals surface area contributed by atoms with Crippen molar-refractivity contribution in [2.45, 2.75) is 25.7 Å². The van der Waals surface area contributed by atoms with E-state index in [1.807, 2.05) is 6.08 Å². The molecule has 0 aromatic rings. The van der Waals surface area contributed by atoms with Gasteiger partial charge in [-0.2, -0.15) is 0 Å². The summed E-state index contributed by atoms with van der Waals surface area (Å²) >= 11 is 0. The lowest BCUT2D eigenvalue weighted by atomic mass is 10.1. The Morgan fingerprint density at radius 1 is 1.50 bits per heavy atom. The Labute approximate surface area is 83.4 Å². The van der Waals surface area contributed by atoms with Crippen LogP contribution in [0.4, 0.5) is 0 Å². The van der Waals surface area contributed by atoms with E-state index in [0.717, 1.165) is 24.7 Å². The van der Waals surface area contributed by atoms with Gasteiger partial charge in [-0.05, 0) is 18.4 Å². The molecular weight excluding hydrogens is 180 g/mol. The van der Waals surface area contributed by atoms with E-state index in [2.05, 4.69) is 12.2 Å². The third-order valence-electron chi connectivity index (χ3n) is 1.94. The second kappa shape index (κ2) is 6.13. The fraction of sp³-hybridized carbons (Fsp3) is 0.455. The fourth-order valence-electron chi connectivity index (χ4n) is 1.19. The number of aldehydes is 1. The van der Waals surface area contributed by atoms with Gasteiger partial charge in [0.1, 0.15) is 12.9 Å². The molecule has 1 aliphatic carbocycles. The summed E-state index contributed by atoms with van der Waals surface area (Å²) in [6, 6.07) is 0. The predicted octanol–water partition coefficient (Wildman–Crippen LogP) is 1.79. The lowest BCUT2D eigenvalue weighted by Crippen LogP contribution is -2.07. The summed E-state index contributed by atoms with van der Waals surface area (Å²) in [7, 11) is 0. The molecule has 0 amide bonds. The van der Waals surface area contributed by atoms with Crippen molar-refractivity contribution >= 4 is 12.3 Å². The molecular formula is C11H14O3. The van der Waals surface area contributed by atoms with Gasteiger partial charge >= 0.3 is 5.97 Å². The normalized spacial score (nSPS) is 14.7. The molecule has 0 unspecified atom stereocenters. The lowest BCUT2D eigenvalue weighted by molar-refractivity contribution is -0.143. The van der Waals surface area contributed by atoms with Crippen LogP contribution < -0.4 is 0 Å². The number of carbonyl (C=O) groups is 2. The van der Waals surface area contributed by atoms with Crippen LogP contribution in [0.5, 0.6) is 0 Å². The van der Waals surface area contributed by atoms with Gasteiger partial charge < -0.3 is 9.53 Å². The largest absolute Gasteiger partial charge is 0.461 e. The number of esters is 1. The topological polar surface area (TPSA) is 43.4 Å². The molecule has 0 atom stereocenters. The van der Waals surface area contributed by atoms with Crippen molar-refractivity contribution in [3.63, 3.8) is 0 Å². The third kappa shape index (κ3) is 4.03. The summed E-state index contributed by atoms with van der Waals surface area (Å²) in [5, 5.41) is 0. The molecule has 1 rings (SSSR count). The van der Waals surface area contributed by atoms with Crippen LogP contribution in [0.2, 0.25) is 0 Å². The van der Waals surface area contributed by atoms with Gasteiger partial charge in [-0.1, -0.05) is 18.2 Å². The molecule has 0 aromatic carbocycles. The Morgan fingerprint density at radius 3 is 3.00 bits per heavy atom. The van der Waals surface area contributed by atoms with Gasteiger partial charge in [-0.25, -0.2) is 0 Å². The van der Waals surface area contributed by atoms with Gasteiger partial charge in [0.05, 0.1) is 6.42 Å². The number of ether oxygens (including phenoxy) is 1. The van der Waals surface area contributed by atoms with Gasteiger partial charge in [-0.15, -0.1) is 0 Å². The van der Waals surface area contributed by atoms with Gasteiger partial charge in [0, 0.05) is 6.42 Å². The molecule has 0 heterocycles. The minimum absolute atomic E-state index is 0.181. The monoisotopic (exact) mass is 194 g/mol. The first kappa shape index (κ1) is 10.7. The Morgan fingerprint density at radius 2 is 2.36 bits per heavy atom. The van der Waals surface area contributed by atoms with E-state index in [-0.39, 0.29) is 18.8 Å². The first-order valence-electron chi connectivity index (χ1n) is 4.78. The van der Waals surface area contributed by atoms with Gasteiger partial charge in [0.15, 0.2) is 0 Å². The van der Waals surface area contributed by atoms with E-state index < -0.39 is 0 Å². The van der Waals surface area contributed by atoms with E-state index in [0.29, 0.717) is 6.61 Å². The molecule has 0 radical (unpaired) electrons. The van der Waals surface area contributed by atoms with Crippen molar-refractivity contribution in [3.05, 3.63) is 23.8 Å². The third-order valence-corrected chi connectivity index (χ3v) is 1.94. The molecule has 0 fully saturated rings. The molecule has 1 aliphatic rings. The molecule has 0 saturated carbocycles. The molecule has 0 bridgehead atoms. The minimum atomic E-state index is -0.308. The number of hydrogen-bond acceptors (Lipinski definition) is 3. The van der Waals surface area contributed by atoms with Crippen LogP contribution in [-0.4, -0.2) is 18.9 Å². The quantitative estimate of drug-likeness (QED) is 0.495. The van der Waals surface area contributed by atoms with E-state index in [1.165, 1.54) is 0 Å².